The molecule has 1 aromatic carbocycles. The number of benzene rings is 1. The molecule has 1 saturated heterocycles. The maximum absolute atomic E-state index is 12.7. The topological polar surface area (TPSA) is 79.8 Å². The zero-order chi connectivity index (χ0) is 20.6. The zero-order valence-electron chi connectivity index (χ0n) is 15.2. The Morgan fingerprint density at radius 1 is 1.17 bits per heavy atom. The molecule has 2 aromatic heterocycles. The molecule has 0 radical (unpaired) electrons. The first-order valence-electron chi connectivity index (χ1n) is 8.79. The van der Waals surface area contributed by atoms with Gasteiger partial charge >= 0.3 is 6.18 Å². The molecule has 1 aliphatic heterocycles. The van der Waals surface area contributed by atoms with Crippen molar-refractivity contribution in [1.29, 1.82) is 0 Å². The van der Waals surface area contributed by atoms with Gasteiger partial charge in [0.05, 0.1) is 11.3 Å². The number of hydrogen-bond acceptors (Lipinski definition) is 6. The van der Waals surface area contributed by atoms with Gasteiger partial charge in [-0.2, -0.15) is 13.2 Å². The van der Waals surface area contributed by atoms with Crippen molar-refractivity contribution in [1.82, 2.24) is 20.5 Å². The molecule has 0 unspecified atom stereocenters. The van der Waals surface area contributed by atoms with Crippen LogP contribution in [0.3, 0.4) is 0 Å². The monoisotopic (exact) mass is 419 g/mol. The fourth-order valence-electron chi connectivity index (χ4n) is 3.06. The number of rotatable bonds is 4. The number of nitrogens with one attached hydrogen (secondary N) is 2. The van der Waals surface area contributed by atoms with E-state index in [1.807, 2.05) is 6.92 Å². The summed E-state index contributed by atoms with van der Waals surface area (Å²) in [4.78, 5) is 16.5. The molecule has 1 aliphatic rings. The van der Waals surface area contributed by atoms with Crippen molar-refractivity contribution in [3.63, 3.8) is 0 Å². The third-order valence-corrected chi connectivity index (χ3v) is 6.00. The van der Waals surface area contributed by atoms with Crippen LogP contribution < -0.4 is 10.6 Å². The Kier molecular flexibility index (Phi) is 4.73. The minimum atomic E-state index is -4.39. The molecule has 1 fully saturated rings. The molecule has 3 heterocycles. The normalized spacial score (nSPS) is 19.2. The molecule has 1 atom stereocenters. The summed E-state index contributed by atoms with van der Waals surface area (Å²) in [6.07, 6.45) is -2.15. The van der Waals surface area contributed by atoms with Crippen LogP contribution in [0.2, 0.25) is 0 Å². The molecule has 29 heavy (non-hydrogen) atoms. The van der Waals surface area contributed by atoms with E-state index in [-0.39, 0.29) is 5.91 Å². The van der Waals surface area contributed by atoms with E-state index in [9.17, 15) is 18.0 Å². The summed E-state index contributed by atoms with van der Waals surface area (Å²) in [6.45, 7) is 2.42. The number of pyridine rings is 1. The first-order chi connectivity index (χ1) is 13.8. The minimum absolute atomic E-state index is 0.0793. The van der Waals surface area contributed by atoms with E-state index in [0.717, 1.165) is 12.1 Å². The highest BCUT2D eigenvalue weighted by Gasteiger charge is 2.42. The second kappa shape index (κ2) is 7.11. The van der Waals surface area contributed by atoms with Gasteiger partial charge in [0.25, 0.3) is 0 Å². The Labute approximate surface area is 168 Å². The lowest BCUT2D eigenvalue weighted by Crippen LogP contribution is -2.32. The van der Waals surface area contributed by atoms with Crippen LogP contribution in [0.4, 0.5) is 24.5 Å². The lowest BCUT2D eigenvalue weighted by Gasteiger charge is -2.15. The predicted molar refractivity (Wildman–Crippen MR) is 103 cm³/mol. The molecule has 3 aromatic rings. The molecule has 6 nitrogen and oxygen atoms in total. The van der Waals surface area contributed by atoms with Gasteiger partial charge in [-0.15, -0.1) is 10.2 Å². The number of anilines is 2. The van der Waals surface area contributed by atoms with Gasteiger partial charge in [-0.05, 0) is 49.7 Å². The number of alkyl halides is 3. The summed E-state index contributed by atoms with van der Waals surface area (Å²) in [6, 6.07) is 8.21. The predicted octanol–water partition coefficient (Wildman–Crippen LogP) is 4.14. The summed E-state index contributed by atoms with van der Waals surface area (Å²) < 4.78 is 38.2. The first kappa shape index (κ1) is 19.3. The van der Waals surface area contributed by atoms with Crippen molar-refractivity contribution in [2.24, 2.45) is 0 Å². The second-order valence-corrected chi connectivity index (χ2v) is 7.83. The molecule has 0 aliphatic carbocycles. The van der Waals surface area contributed by atoms with Crippen LogP contribution in [0.15, 0.2) is 42.6 Å². The number of halogens is 3. The third-order valence-electron chi connectivity index (χ3n) is 4.81. The van der Waals surface area contributed by atoms with Crippen LogP contribution in [0.25, 0.3) is 10.7 Å². The fourth-order valence-corrected chi connectivity index (χ4v) is 4.08. The Morgan fingerprint density at radius 3 is 2.59 bits per heavy atom. The molecule has 10 heteroatoms. The summed E-state index contributed by atoms with van der Waals surface area (Å²) in [5, 5.41) is 15.4. The summed E-state index contributed by atoms with van der Waals surface area (Å²) in [5.74, 6) is -0.0793. The molecule has 150 valence electrons. The lowest BCUT2D eigenvalue weighted by molar-refractivity contribution is -0.137. The average molecular weight is 419 g/mol. The number of hydrogen-bond donors (Lipinski definition) is 2. The van der Waals surface area contributed by atoms with Gasteiger partial charge in [-0.1, -0.05) is 11.3 Å². The van der Waals surface area contributed by atoms with Crippen LogP contribution in [0.5, 0.6) is 0 Å². The van der Waals surface area contributed by atoms with Crippen LogP contribution in [-0.2, 0) is 16.4 Å². The Balaban J connectivity index is 1.62. The van der Waals surface area contributed by atoms with Gasteiger partial charge in [0.1, 0.15) is 16.1 Å². The van der Waals surface area contributed by atoms with E-state index in [2.05, 4.69) is 25.8 Å². The lowest BCUT2D eigenvalue weighted by atomic mass is 9.90. The summed E-state index contributed by atoms with van der Waals surface area (Å²) >= 11 is 1.28. The number of carbonyl (C=O) groups excluding carboxylic acids is 1. The quantitative estimate of drug-likeness (QED) is 0.665. The van der Waals surface area contributed by atoms with Crippen LogP contribution in [0, 0.1) is 0 Å². The number of aromatic nitrogens is 3. The number of nitrogens with zero attached hydrogens (tertiary/aromatic N) is 3. The first-order valence-corrected chi connectivity index (χ1v) is 9.61. The third kappa shape index (κ3) is 3.67. The summed E-state index contributed by atoms with van der Waals surface area (Å²) in [5.41, 5.74) is 0.144. The Morgan fingerprint density at radius 2 is 1.93 bits per heavy atom. The van der Waals surface area contributed by atoms with Gasteiger partial charge in [0.2, 0.25) is 5.91 Å². The maximum atomic E-state index is 12.7. The van der Waals surface area contributed by atoms with E-state index < -0.39 is 17.2 Å². The smallest absolute Gasteiger partial charge is 0.355 e. The standard InChI is InChI=1S/C19H16F3N5OS/c1-18(8-10-24-16(18)28)17-27-26-15(29-17)14-13(3-2-9-23-14)25-12-6-4-11(5-7-12)19(20,21)22/h2-7,9,25H,8,10H2,1H3,(H,24,28)/t18-/m1/s1. The van der Waals surface area contributed by atoms with Crippen molar-refractivity contribution in [3.05, 3.63) is 53.2 Å². The van der Waals surface area contributed by atoms with Crippen LogP contribution in [-0.4, -0.2) is 27.6 Å². The van der Waals surface area contributed by atoms with E-state index >= 15 is 0 Å². The van der Waals surface area contributed by atoms with Crippen LogP contribution >= 0.6 is 11.3 Å². The van der Waals surface area contributed by atoms with E-state index in [1.54, 1.807) is 18.3 Å². The average Bonchev–Trinajstić information content (AvgIpc) is 3.30. The molecule has 1 amide bonds. The SMILES string of the molecule is C[C@@]1(c2nnc(-c3ncccc3Nc3ccc(C(F)(F)F)cc3)s2)CCNC1=O. The summed E-state index contributed by atoms with van der Waals surface area (Å²) in [7, 11) is 0. The van der Waals surface area contributed by atoms with Crippen molar-refractivity contribution in [2.75, 3.05) is 11.9 Å². The molecule has 4 rings (SSSR count). The molecule has 0 saturated carbocycles. The van der Waals surface area contributed by atoms with Gasteiger partial charge in [-0.3, -0.25) is 9.78 Å². The zero-order valence-corrected chi connectivity index (χ0v) is 16.1. The number of amides is 1. The van der Waals surface area contributed by atoms with Crippen molar-refractivity contribution in [3.8, 4) is 10.7 Å². The van der Waals surface area contributed by atoms with Crippen molar-refractivity contribution in [2.45, 2.75) is 24.9 Å². The van der Waals surface area contributed by atoms with Gasteiger partial charge in [0.15, 0.2) is 5.01 Å². The number of carbonyl (C=O) groups is 1. The van der Waals surface area contributed by atoms with E-state index in [1.165, 1.54) is 23.5 Å². The van der Waals surface area contributed by atoms with Crippen LogP contribution in [0.1, 0.15) is 23.9 Å². The molecule has 0 spiro atoms. The van der Waals surface area contributed by atoms with Crippen molar-refractivity contribution < 1.29 is 18.0 Å². The highest BCUT2D eigenvalue weighted by molar-refractivity contribution is 7.15. The molecule has 2 N–H and O–H groups in total. The van der Waals surface area contributed by atoms with E-state index in [4.69, 9.17) is 0 Å². The van der Waals surface area contributed by atoms with Gasteiger partial charge in [-0.25, -0.2) is 0 Å². The molecule has 0 bridgehead atoms. The van der Waals surface area contributed by atoms with E-state index in [0.29, 0.717) is 40.0 Å². The largest absolute Gasteiger partial charge is 0.416 e. The highest BCUT2D eigenvalue weighted by Crippen LogP contribution is 2.38. The second-order valence-electron chi connectivity index (χ2n) is 6.85. The molecular formula is C19H16F3N5OS. The van der Waals surface area contributed by atoms with Gasteiger partial charge < -0.3 is 10.6 Å². The minimum Gasteiger partial charge on any atom is -0.355 e. The fraction of sp³-hybridized carbons (Fsp3) is 0.263. The Hall–Kier alpha value is -3.01. The molecular weight excluding hydrogens is 403 g/mol. The van der Waals surface area contributed by atoms with Crippen molar-refractivity contribution >= 4 is 28.6 Å². The maximum Gasteiger partial charge on any atom is 0.416 e. The Bertz CT molecular complexity index is 1050. The van der Waals surface area contributed by atoms with Gasteiger partial charge in [0, 0.05) is 18.4 Å². The highest BCUT2D eigenvalue weighted by atomic mass is 32.1.